The van der Waals surface area contributed by atoms with Crippen LogP contribution in [0.4, 0.5) is 0 Å². The van der Waals surface area contributed by atoms with E-state index < -0.39 is 0 Å². The minimum Gasteiger partial charge on any atom is -0.488 e. The monoisotopic (exact) mass is 292 g/mol. The van der Waals surface area contributed by atoms with Crippen molar-refractivity contribution in [2.24, 2.45) is 0 Å². The van der Waals surface area contributed by atoms with Crippen molar-refractivity contribution in [2.45, 2.75) is 13.5 Å². The van der Waals surface area contributed by atoms with E-state index in [9.17, 15) is 0 Å². The third kappa shape index (κ3) is 4.00. The van der Waals surface area contributed by atoms with E-state index in [2.05, 4.69) is 11.8 Å². The summed E-state index contributed by atoms with van der Waals surface area (Å²) in [6, 6.07) is 9.50. The van der Waals surface area contributed by atoms with E-state index in [-0.39, 0.29) is 6.61 Å². The van der Waals surface area contributed by atoms with Crippen LogP contribution >= 0.6 is 22.9 Å². The van der Waals surface area contributed by atoms with Gasteiger partial charge < -0.3 is 9.84 Å². The Morgan fingerprint density at radius 3 is 2.95 bits per heavy atom. The molecule has 0 aliphatic carbocycles. The van der Waals surface area contributed by atoms with Gasteiger partial charge in [-0.05, 0) is 36.8 Å². The van der Waals surface area contributed by atoms with Gasteiger partial charge >= 0.3 is 0 Å². The van der Waals surface area contributed by atoms with Crippen molar-refractivity contribution >= 4 is 22.9 Å². The van der Waals surface area contributed by atoms with Crippen LogP contribution in [0, 0.1) is 18.8 Å². The van der Waals surface area contributed by atoms with Gasteiger partial charge in [-0.15, -0.1) is 11.3 Å². The molecule has 2 aromatic rings. The maximum Gasteiger partial charge on any atom is 0.124 e. The predicted molar refractivity (Wildman–Crippen MR) is 78.8 cm³/mol. The number of benzene rings is 1. The Balaban J connectivity index is 2.02. The Bertz CT molecular complexity index is 623. The van der Waals surface area contributed by atoms with Crippen molar-refractivity contribution in [3.05, 3.63) is 50.7 Å². The highest BCUT2D eigenvalue weighted by Gasteiger charge is 2.03. The Labute approximate surface area is 121 Å². The minimum absolute atomic E-state index is 0.120. The molecule has 98 valence electrons. The van der Waals surface area contributed by atoms with Gasteiger partial charge in [0, 0.05) is 9.90 Å². The Morgan fingerprint density at radius 2 is 2.16 bits per heavy atom. The highest BCUT2D eigenvalue weighted by molar-refractivity contribution is 7.12. The number of hydrogen-bond donors (Lipinski definition) is 1. The van der Waals surface area contributed by atoms with Gasteiger partial charge in [-0.3, -0.25) is 0 Å². The first-order chi connectivity index (χ1) is 9.19. The lowest BCUT2D eigenvalue weighted by molar-refractivity contribution is 0.307. The van der Waals surface area contributed by atoms with Crippen LogP contribution in [0.1, 0.15) is 15.3 Å². The molecule has 2 rings (SSSR count). The molecule has 0 aliphatic rings. The normalized spacial score (nSPS) is 9.84. The summed E-state index contributed by atoms with van der Waals surface area (Å²) < 4.78 is 5.75. The Kier molecular flexibility index (Phi) is 4.86. The van der Waals surface area contributed by atoms with Gasteiger partial charge in [0.25, 0.3) is 0 Å². The highest BCUT2D eigenvalue weighted by Crippen LogP contribution is 2.24. The largest absolute Gasteiger partial charge is 0.488 e. The smallest absolute Gasteiger partial charge is 0.124 e. The molecule has 0 atom stereocenters. The Hall–Kier alpha value is -1.47. The number of aliphatic hydroxyl groups excluding tert-OH is 1. The lowest BCUT2D eigenvalue weighted by atomic mass is 10.2. The minimum atomic E-state index is -0.120. The van der Waals surface area contributed by atoms with Crippen molar-refractivity contribution in [1.82, 2.24) is 0 Å². The molecule has 2 nitrogen and oxygen atoms in total. The van der Waals surface area contributed by atoms with Gasteiger partial charge in [0.2, 0.25) is 0 Å². The number of rotatable bonds is 3. The highest BCUT2D eigenvalue weighted by atomic mass is 35.5. The second kappa shape index (κ2) is 6.63. The molecule has 1 aromatic heterocycles. The second-order valence-electron chi connectivity index (χ2n) is 3.92. The third-order valence-corrected chi connectivity index (χ3v) is 3.68. The zero-order valence-electron chi connectivity index (χ0n) is 10.4. The third-order valence-electron chi connectivity index (χ3n) is 2.47. The molecule has 0 bridgehead atoms. The summed E-state index contributed by atoms with van der Waals surface area (Å²) in [5, 5.41) is 9.30. The molecule has 0 saturated heterocycles. The maximum absolute atomic E-state index is 8.64. The summed E-state index contributed by atoms with van der Waals surface area (Å²) in [5.74, 6) is 6.30. The first-order valence-corrected chi connectivity index (χ1v) is 6.96. The van der Waals surface area contributed by atoms with Crippen molar-refractivity contribution in [1.29, 1.82) is 0 Å². The molecule has 0 amide bonds. The summed E-state index contributed by atoms with van der Waals surface area (Å²) >= 11 is 7.50. The molecule has 1 heterocycles. The first-order valence-electron chi connectivity index (χ1n) is 5.76. The van der Waals surface area contributed by atoms with Crippen molar-refractivity contribution < 1.29 is 9.84 Å². The molecule has 4 heteroatoms. The number of aryl methyl sites for hydroxylation is 1. The van der Waals surface area contributed by atoms with Crippen molar-refractivity contribution in [3.63, 3.8) is 0 Å². The fourth-order valence-corrected chi connectivity index (χ4v) is 2.49. The maximum atomic E-state index is 8.64. The van der Waals surface area contributed by atoms with Crippen LogP contribution < -0.4 is 4.74 Å². The van der Waals surface area contributed by atoms with E-state index in [1.165, 1.54) is 0 Å². The SMILES string of the molecule is Cc1ccc(Cl)cc1OCc1ccc(C#CCO)s1. The molecular weight excluding hydrogens is 280 g/mol. The van der Waals surface area contributed by atoms with E-state index in [1.54, 1.807) is 11.3 Å². The number of thiophene rings is 1. The second-order valence-corrected chi connectivity index (χ2v) is 5.53. The standard InChI is InChI=1S/C15H13ClO2S/c1-11-4-5-12(16)9-15(11)18-10-14-7-6-13(19-14)3-2-8-17/h4-7,9,17H,8,10H2,1H3. The van der Waals surface area contributed by atoms with Gasteiger partial charge in [-0.25, -0.2) is 0 Å². The van der Waals surface area contributed by atoms with Crippen molar-refractivity contribution in [3.8, 4) is 17.6 Å². The lowest BCUT2D eigenvalue weighted by Crippen LogP contribution is -1.94. The topological polar surface area (TPSA) is 29.5 Å². The van der Waals surface area contributed by atoms with Crippen LogP contribution in [0.2, 0.25) is 5.02 Å². The van der Waals surface area contributed by atoms with Crippen LogP contribution in [0.15, 0.2) is 30.3 Å². The predicted octanol–water partition coefficient (Wildman–Crippen LogP) is 3.63. The molecule has 0 unspecified atom stereocenters. The zero-order chi connectivity index (χ0) is 13.7. The average Bonchev–Trinajstić information content (AvgIpc) is 2.85. The summed E-state index contributed by atoms with van der Waals surface area (Å²) in [7, 11) is 0. The van der Waals surface area contributed by atoms with Crippen LogP contribution in [0.5, 0.6) is 5.75 Å². The van der Waals surface area contributed by atoms with Crippen LogP contribution in [-0.4, -0.2) is 11.7 Å². The Morgan fingerprint density at radius 1 is 1.32 bits per heavy atom. The molecule has 0 aliphatic heterocycles. The molecule has 0 radical (unpaired) electrons. The lowest BCUT2D eigenvalue weighted by Gasteiger charge is -2.08. The fraction of sp³-hybridized carbons (Fsp3) is 0.200. The molecule has 1 N–H and O–H groups in total. The number of halogens is 1. The molecule has 19 heavy (non-hydrogen) atoms. The molecule has 0 saturated carbocycles. The van der Waals surface area contributed by atoms with Crippen LogP contribution in [0.25, 0.3) is 0 Å². The molecule has 0 fully saturated rings. The van der Waals surface area contributed by atoms with E-state index in [4.69, 9.17) is 21.4 Å². The van der Waals surface area contributed by atoms with Gasteiger partial charge in [0.1, 0.15) is 19.0 Å². The molecule has 0 spiro atoms. The average molecular weight is 293 g/mol. The zero-order valence-corrected chi connectivity index (χ0v) is 12.0. The van der Waals surface area contributed by atoms with Gasteiger partial charge in [-0.1, -0.05) is 29.5 Å². The van der Waals surface area contributed by atoms with Gasteiger partial charge in [0.05, 0.1) is 4.88 Å². The number of hydrogen-bond acceptors (Lipinski definition) is 3. The summed E-state index contributed by atoms with van der Waals surface area (Å²) in [4.78, 5) is 2.01. The molecular formula is C15H13ClO2S. The fourth-order valence-electron chi connectivity index (χ4n) is 1.53. The quantitative estimate of drug-likeness (QED) is 0.875. The van der Waals surface area contributed by atoms with E-state index in [0.29, 0.717) is 11.6 Å². The summed E-state index contributed by atoms with van der Waals surface area (Å²) in [5.41, 5.74) is 1.06. The van der Waals surface area contributed by atoms with Crippen LogP contribution in [0.3, 0.4) is 0 Å². The summed E-state index contributed by atoms with van der Waals surface area (Å²) in [6.07, 6.45) is 0. The van der Waals surface area contributed by atoms with Crippen molar-refractivity contribution in [2.75, 3.05) is 6.61 Å². The van der Waals surface area contributed by atoms with E-state index >= 15 is 0 Å². The number of ether oxygens (including phenoxy) is 1. The van der Waals surface area contributed by atoms with Crippen LogP contribution in [-0.2, 0) is 6.61 Å². The van der Waals surface area contributed by atoms with Gasteiger partial charge in [0.15, 0.2) is 0 Å². The van der Waals surface area contributed by atoms with E-state index in [0.717, 1.165) is 21.1 Å². The first kappa shape index (κ1) is 14.0. The summed E-state index contributed by atoms with van der Waals surface area (Å²) in [6.45, 7) is 2.36. The molecule has 1 aromatic carbocycles. The van der Waals surface area contributed by atoms with E-state index in [1.807, 2.05) is 37.3 Å². The number of aliphatic hydroxyl groups is 1. The van der Waals surface area contributed by atoms with Gasteiger partial charge in [-0.2, -0.15) is 0 Å².